The molecule has 0 aromatic heterocycles. The van der Waals surface area contributed by atoms with Crippen LogP contribution in [0.25, 0.3) is 0 Å². The molecule has 6 nitrogen and oxygen atoms in total. The Bertz CT molecular complexity index is 958. The van der Waals surface area contributed by atoms with Crippen molar-refractivity contribution in [2.45, 2.75) is 44.2 Å². The van der Waals surface area contributed by atoms with Gasteiger partial charge in [-0.15, -0.1) is 0 Å². The van der Waals surface area contributed by atoms with Crippen molar-refractivity contribution in [3.05, 3.63) is 59.1 Å². The number of benzene rings is 2. The lowest BCUT2D eigenvalue weighted by molar-refractivity contribution is -0.124. The molecule has 0 aliphatic carbocycles. The van der Waals surface area contributed by atoms with Gasteiger partial charge in [0.2, 0.25) is 15.9 Å². The van der Waals surface area contributed by atoms with Crippen LogP contribution in [0.2, 0.25) is 5.02 Å². The average molecular weight is 450 g/mol. The van der Waals surface area contributed by atoms with Gasteiger partial charge in [0, 0.05) is 36.9 Å². The van der Waals surface area contributed by atoms with E-state index in [9.17, 15) is 13.2 Å². The number of carbonyl (C=O) groups is 1. The Morgan fingerprint density at radius 3 is 2.33 bits per heavy atom. The van der Waals surface area contributed by atoms with Crippen LogP contribution in [0.4, 0.5) is 5.69 Å². The van der Waals surface area contributed by atoms with E-state index >= 15 is 0 Å². The molecule has 0 saturated carbocycles. The van der Waals surface area contributed by atoms with Gasteiger partial charge in [-0.1, -0.05) is 23.7 Å². The molecular formula is C22H28ClN3O3S. The van der Waals surface area contributed by atoms with E-state index in [1.165, 1.54) is 16.4 Å². The fourth-order valence-corrected chi connectivity index (χ4v) is 5.53. The van der Waals surface area contributed by atoms with Crippen molar-refractivity contribution in [3.8, 4) is 0 Å². The van der Waals surface area contributed by atoms with Crippen LogP contribution in [0, 0.1) is 0 Å². The van der Waals surface area contributed by atoms with E-state index in [1.54, 1.807) is 12.1 Å². The molecule has 0 spiro atoms. The molecule has 1 N–H and O–H groups in total. The van der Waals surface area contributed by atoms with Crippen molar-refractivity contribution in [2.24, 2.45) is 0 Å². The first-order valence-corrected chi connectivity index (χ1v) is 12.1. The quantitative estimate of drug-likeness (QED) is 0.667. The van der Waals surface area contributed by atoms with Gasteiger partial charge in [-0.05, 0) is 68.7 Å². The molecule has 0 bridgehead atoms. The van der Waals surface area contributed by atoms with E-state index in [-0.39, 0.29) is 10.8 Å². The monoisotopic (exact) mass is 449 g/mol. The molecule has 30 heavy (non-hydrogen) atoms. The highest BCUT2D eigenvalue weighted by atomic mass is 35.5. The fourth-order valence-electron chi connectivity index (χ4n) is 3.75. The van der Waals surface area contributed by atoms with Gasteiger partial charge < -0.3 is 10.2 Å². The van der Waals surface area contributed by atoms with E-state index in [2.05, 4.69) is 24.1 Å². The number of rotatable bonds is 8. The standard InChI is InChI=1S/C22H28ClN3O3S/c1-3-25(4-2)19-11-7-17(8-12-19)16-24-22(27)21-6-5-15-26(21)30(28,29)20-13-9-18(23)10-14-20/h7-14,21H,3-6,15-16H2,1-2H3,(H,24,27)/t21-/m0/s1. The van der Waals surface area contributed by atoms with Crippen molar-refractivity contribution < 1.29 is 13.2 Å². The van der Waals surface area contributed by atoms with Crippen LogP contribution in [0.15, 0.2) is 53.4 Å². The number of hydrogen-bond donors (Lipinski definition) is 1. The van der Waals surface area contributed by atoms with Crippen LogP contribution < -0.4 is 10.2 Å². The number of carbonyl (C=O) groups excluding carboxylic acids is 1. The smallest absolute Gasteiger partial charge is 0.243 e. The molecule has 1 atom stereocenters. The SMILES string of the molecule is CCN(CC)c1ccc(CNC(=O)[C@@H]2CCCN2S(=O)(=O)c2ccc(Cl)cc2)cc1. The van der Waals surface area contributed by atoms with Gasteiger partial charge in [-0.2, -0.15) is 4.31 Å². The summed E-state index contributed by atoms with van der Waals surface area (Å²) in [4.78, 5) is 15.2. The Balaban J connectivity index is 1.65. The Labute approximate surface area is 183 Å². The lowest BCUT2D eigenvalue weighted by Gasteiger charge is -2.23. The second-order valence-corrected chi connectivity index (χ2v) is 9.61. The third kappa shape index (κ3) is 4.96. The van der Waals surface area contributed by atoms with Crippen molar-refractivity contribution in [2.75, 3.05) is 24.5 Å². The second kappa shape index (κ2) is 9.81. The van der Waals surface area contributed by atoms with Gasteiger partial charge in [0.15, 0.2) is 0 Å². The fraction of sp³-hybridized carbons (Fsp3) is 0.409. The summed E-state index contributed by atoms with van der Waals surface area (Å²) in [5, 5.41) is 3.37. The molecule has 8 heteroatoms. The number of halogens is 1. The van der Waals surface area contributed by atoms with Gasteiger partial charge in [0.05, 0.1) is 4.90 Å². The molecule has 162 valence electrons. The molecule has 1 saturated heterocycles. The third-order valence-corrected chi connectivity index (χ3v) is 7.63. The molecular weight excluding hydrogens is 422 g/mol. The van der Waals surface area contributed by atoms with Crippen LogP contribution >= 0.6 is 11.6 Å². The van der Waals surface area contributed by atoms with Crippen LogP contribution in [-0.4, -0.2) is 44.3 Å². The van der Waals surface area contributed by atoms with Crippen LogP contribution in [0.5, 0.6) is 0 Å². The van der Waals surface area contributed by atoms with Gasteiger partial charge in [0.1, 0.15) is 6.04 Å². The molecule has 1 aliphatic heterocycles. The molecule has 0 unspecified atom stereocenters. The molecule has 1 heterocycles. The summed E-state index contributed by atoms with van der Waals surface area (Å²) in [5.74, 6) is -0.266. The minimum absolute atomic E-state index is 0.151. The topological polar surface area (TPSA) is 69.7 Å². The molecule has 0 radical (unpaired) electrons. The van der Waals surface area contributed by atoms with Gasteiger partial charge in [-0.25, -0.2) is 8.42 Å². The summed E-state index contributed by atoms with van der Waals surface area (Å²) in [5.41, 5.74) is 2.12. The predicted molar refractivity (Wildman–Crippen MR) is 120 cm³/mol. The highest BCUT2D eigenvalue weighted by Gasteiger charge is 2.39. The number of nitrogens with zero attached hydrogens (tertiary/aromatic N) is 2. The lowest BCUT2D eigenvalue weighted by Crippen LogP contribution is -2.45. The first-order chi connectivity index (χ1) is 14.4. The van der Waals surface area contributed by atoms with Crippen LogP contribution in [-0.2, 0) is 21.4 Å². The van der Waals surface area contributed by atoms with Gasteiger partial charge in [0.25, 0.3) is 0 Å². The third-order valence-electron chi connectivity index (χ3n) is 5.46. The number of hydrogen-bond acceptors (Lipinski definition) is 4. The Hall–Kier alpha value is -2.09. The maximum atomic E-state index is 13.0. The first-order valence-electron chi connectivity index (χ1n) is 10.3. The zero-order valence-electron chi connectivity index (χ0n) is 17.3. The Morgan fingerprint density at radius 2 is 1.73 bits per heavy atom. The van der Waals surface area contributed by atoms with Crippen molar-refractivity contribution in [3.63, 3.8) is 0 Å². The van der Waals surface area contributed by atoms with Crippen LogP contribution in [0.3, 0.4) is 0 Å². The summed E-state index contributed by atoms with van der Waals surface area (Å²) in [6.07, 6.45) is 1.17. The molecule has 1 amide bonds. The normalized spacial score (nSPS) is 17.1. The Morgan fingerprint density at radius 1 is 1.10 bits per heavy atom. The number of sulfonamides is 1. The summed E-state index contributed by atoms with van der Waals surface area (Å²) < 4.78 is 27.3. The second-order valence-electron chi connectivity index (χ2n) is 7.28. The van der Waals surface area contributed by atoms with E-state index in [0.717, 1.165) is 24.3 Å². The highest BCUT2D eigenvalue weighted by molar-refractivity contribution is 7.89. The highest BCUT2D eigenvalue weighted by Crippen LogP contribution is 2.27. The van der Waals surface area contributed by atoms with Crippen LogP contribution in [0.1, 0.15) is 32.3 Å². The maximum Gasteiger partial charge on any atom is 0.243 e. The van der Waals surface area contributed by atoms with E-state index < -0.39 is 16.1 Å². The molecule has 2 aromatic rings. The molecule has 2 aromatic carbocycles. The van der Waals surface area contributed by atoms with E-state index in [0.29, 0.717) is 31.0 Å². The zero-order chi connectivity index (χ0) is 21.7. The van der Waals surface area contributed by atoms with Crippen molar-refractivity contribution in [1.29, 1.82) is 0 Å². The largest absolute Gasteiger partial charge is 0.372 e. The van der Waals surface area contributed by atoms with E-state index in [4.69, 9.17) is 11.6 Å². The summed E-state index contributed by atoms with van der Waals surface area (Å²) in [7, 11) is -3.75. The minimum Gasteiger partial charge on any atom is -0.372 e. The first kappa shape index (κ1) is 22.6. The lowest BCUT2D eigenvalue weighted by atomic mass is 10.1. The number of anilines is 1. The summed E-state index contributed by atoms with van der Waals surface area (Å²) in [6, 6.07) is 13.4. The molecule has 3 rings (SSSR count). The van der Waals surface area contributed by atoms with Gasteiger partial charge in [-0.3, -0.25) is 4.79 Å². The van der Waals surface area contributed by atoms with Gasteiger partial charge >= 0.3 is 0 Å². The minimum atomic E-state index is -3.75. The zero-order valence-corrected chi connectivity index (χ0v) is 18.9. The average Bonchev–Trinajstić information content (AvgIpc) is 3.25. The Kier molecular flexibility index (Phi) is 7.39. The summed E-state index contributed by atoms with van der Waals surface area (Å²) >= 11 is 5.87. The number of nitrogens with one attached hydrogen (secondary N) is 1. The summed E-state index contributed by atoms with van der Waals surface area (Å²) in [6.45, 7) is 6.80. The van der Waals surface area contributed by atoms with Crippen molar-refractivity contribution in [1.82, 2.24) is 9.62 Å². The predicted octanol–water partition coefficient (Wildman–Crippen LogP) is 3.66. The molecule has 1 fully saturated rings. The maximum absolute atomic E-state index is 13.0. The van der Waals surface area contributed by atoms with Crippen molar-refractivity contribution >= 4 is 33.2 Å². The number of amides is 1. The van der Waals surface area contributed by atoms with E-state index in [1.807, 2.05) is 24.3 Å². The molecule has 1 aliphatic rings.